The van der Waals surface area contributed by atoms with Crippen LogP contribution in [0.3, 0.4) is 0 Å². The number of para-hydroxylation sites is 1. The second kappa shape index (κ2) is 3.77. The van der Waals surface area contributed by atoms with E-state index in [0.717, 1.165) is 12.2 Å². The predicted molar refractivity (Wildman–Crippen MR) is 47.5 cm³/mol. The van der Waals surface area contributed by atoms with Crippen molar-refractivity contribution in [3.8, 4) is 5.75 Å². The Labute approximate surface area is 77.2 Å². The Balaban J connectivity index is 2.11. The first-order chi connectivity index (χ1) is 6.40. The van der Waals surface area contributed by atoms with Crippen molar-refractivity contribution in [3.63, 3.8) is 0 Å². The summed E-state index contributed by atoms with van der Waals surface area (Å²) in [6.07, 6.45) is 0.865. The van der Waals surface area contributed by atoms with Crippen molar-refractivity contribution in [2.24, 2.45) is 0 Å². The van der Waals surface area contributed by atoms with E-state index in [0.29, 0.717) is 6.61 Å². The standard InChI is InChI=1S/C10H12O3/c1-11-7-9-6-8-4-2-3-5-10(8)13-12-9/h2-5,9H,6-7H2,1H3/t9-/m1/s1. The molecule has 0 fully saturated rings. The molecule has 1 atom stereocenters. The lowest BCUT2D eigenvalue weighted by Gasteiger charge is -2.22. The molecule has 0 bridgehead atoms. The van der Waals surface area contributed by atoms with Crippen LogP contribution >= 0.6 is 0 Å². The van der Waals surface area contributed by atoms with E-state index in [1.807, 2.05) is 24.3 Å². The molecule has 0 radical (unpaired) electrons. The lowest BCUT2D eigenvalue weighted by Crippen LogP contribution is -2.27. The van der Waals surface area contributed by atoms with Crippen molar-refractivity contribution < 1.29 is 14.5 Å². The summed E-state index contributed by atoms with van der Waals surface area (Å²) in [6.45, 7) is 0.564. The predicted octanol–water partition coefficient (Wildman–Crippen LogP) is 1.57. The van der Waals surface area contributed by atoms with Crippen LogP contribution in [-0.2, 0) is 16.0 Å². The molecule has 0 aromatic heterocycles. The van der Waals surface area contributed by atoms with E-state index in [2.05, 4.69) is 0 Å². The minimum Gasteiger partial charge on any atom is -0.382 e. The molecule has 70 valence electrons. The van der Waals surface area contributed by atoms with Crippen LogP contribution in [0.4, 0.5) is 0 Å². The van der Waals surface area contributed by atoms with Crippen molar-refractivity contribution in [2.45, 2.75) is 12.5 Å². The van der Waals surface area contributed by atoms with Crippen LogP contribution in [0, 0.1) is 0 Å². The van der Waals surface area contributed by atoms with Crippen LogP contribution in [-0.4, -0.2) is 19.8 Å². The van der Waals surface area contributed by atoms with Gasteiger partial charge < -0.3 is 9.62 Å². The number of methoxy groups -OCH3 is 1. The molecular formula is C10H12O3. The Morgan fingerprint density at radius 2 is 2.31 bits per heavy atom. The summed E-state index contributed by atoms with van der Waals surface area (Å²) in [6, 6.07) is 7.87. The summed E-state index contributed by atoms with van der Waals surface area (Å²) < 4.78 is 4.99. The number of ether oxygens (including phenoxy) is 1. The van der Waals surface area contributed by atoms with Crippen molar-refractivity contribution in [2.75, 3.05) is 13.7 Å². The van der Waals surface area contributed by atoms with E-state index in [1.165, 1.54) is 5.56 Å². The molecule has 1 aliphatic rings. The third-order valence-corrected chi connectivity index (χ3v) is 2.05. The molecule has 0 aliphatic carbocycles. The first kappa shape index (κ1) is 8.53. The Bertz CT molecular complexity index is 285. The van der Waals surface area contributed by atoms with E-state index in [9.17, 15) is 0 Å². The molecule has 0 saturated heterocycles. The molecule has 0 amide bonds. The average Bonchev–Trinajstić information content (AvgIpc) is 2.18. The Hall–Kier alpha value is -1.06. The van der Waals surface area contributed by atoms with E-state index in [1.54, 1.807) is 7.11 Å². The van der Waals surface area contributed by atoms with E-state index in [-0.39, 0.29) is 6.10 Å². The summed E-state index contributed by atoms with van der Waals surface area (Å²) in [5.41, 5.74) is 1.18. The zero-order valence-electron chi connectivity index (χ0n) is 7.53. The van der Waals surface area contributed by atoms with Crippen LogP contribution in [0.15, 0.2) is 24.3 Å². The fraction of sp³-hybridized carbons (Fsp3) is 0.400. The van der Waals surface area contributed by atoms with Gasteiger partial charge in [0.25, 0.3) is 0 Å². The normalized spacial score (nSPS) is 20.5. The molecule has 0 unspecified atom stereocenters. The van der Waals surface area contributed by atoms with Crippen LogP contribution < -0.4 is 4.89 Å². The fourth-order valence-corrected chi connectivity index (χ4v) is 1.43. The molecule has 0 saturated carbocycles. The van der Waals surface area contributed by atoms with Gasteiger partial charge in [-0.05, 0) is 6.07 Å². The average molecular weight is 180 g/mol. The van der Waals surface area contributed by atoms with Crippen molar-refractivity contribution in [1.29, 1.82) is 0 Å². The van der Waals surface area contributed by atoms with E-state index in [4.69, 9.17) is 14.5 Å². The SMILES string of the molecule is COC[C@H]1Cc2ccccc2OO1. The Kier molecular flexibility index (Phi) is 2.47. The quantitative estimate of drug-likeness (QED) is 0.646. The topological polar surface area (TPSA) is 27.7 Å². The van der Waals surface area contributed by atoms with Gasteiger partial charge in [-0.3, -0.25) is 0 Å². The first-order valence-corrected chi connectivity index (χ1v) is 4.30. The minimum atomic E-state index is 0.0138. The van der Waals surface area contributed by atoms with Gasteiger partial charge in [-0.1, -0.05) is 18.2 Å². The zero-order valence-corrected chi connectivity index (χ0v) is 7.53. The van der Waals surface area contributed by atoms with Gasteiger partial charge in [0.1, 0.15) is 6.10 Å². The molecule has 3 heteroatoms. The van der Waals surface area contributed by atoms with E-state index >= 15 is 0 Å². The van der Waals surface area contributed by atoms with Gasteiger partial charge in [-0.15, -0.1) is 0 Å². The Morgan fingerprint density at radius 1 is 1.46 bits per heavy atom. The third-order valence-electron chi connectivity index (χ3n) is 2.05. The number of fused-ring (bicyclic) bond motifs is 1. The van der Waals surface area contributed by atoms with Gasteiger partial charge in [-0.2, -0.15) is 4.89 Å². The molecular weight excluding hydrogens is 168 g/mol. The number of benzene rings is 1. The smallest absolute Gasteiger partial charge is 0.168 e. The zero-order chi connectivity index (χ0) is 9.10. The second-order valence-electron chi connectivity index (χ2n) is 3.07. The highest BCUT2D eigenvalue weighted by atomic mass is 17.2. The summed E-state index contributed by atoms with van der Waals surface area (Å²) in [5, 5.41) is 0. The van der Waals surface area contributed by atoms with Crippen LogP contribution in [0.1, 0.15) is 5.56 Å². The summed E-state index contributed by atoms with van der Waals surface area (Å²) >= 11 is 0. The molecule has 2 rings (SSSR count). The first-order valence-electron chi connectivity index (χ1n) is 4.30. The molecule has 0 N–H and O–H groups in total. The molecule has 1 aromatic rings. The summed E-state index contributed by atoms with van der Waals surface area (Å²) in [5.74, 6) is 0.815. The van der Waals surface area contributed by atoms with Crippen molar-refractivity contribution in [3.05, 3.63) is 29.8 Å². The van der Waals surface area contributed by atoms with Gasteiger partial charge >= 0.3 is 0 Å². The monoisotopic (exact) mass is 180 g/mol. The van der Waals surface area contributed by atoms with Gasteiger partial charge in [0, 0.05) is 19.1 Å². The lowest BCUT2D eigenvalue weighted by molar-refractivity contribution is -0.263. The largest absolute Gasteiger partial charge is 0.382 e. The second-order valence-corrected chi connectivity index (χ2v) is 3.07. The summed E-state index contributed by atoms with van der Waals surface area (Å²) in [4.78, 5) is 10.2. The maximum Gasteiger partial charge on any atom is 0.168 e. The fourth-order valence-electron chi connectivity index (χ4n) is 1.43. The van der Waals surface area contributed by atoms with Crippen LogP contribution in [0.25, 0.3) is 0 Å². The Morgan fingerprint density at radius 3 is 3.15 bits per heavy atom. The highest BCUT2D eigenvalue weighted by Gasteiger charge is 2.20. The number of hydrogen-bond donors (Lipinski definition) is 0. The lowest BCUT2D eigenvalue weighted by atomic mass is 10.1. The number of rotatable bonds is 2. The molecule has 1 aromatic carbocycles. The maximum absolute atomic E-state index is 5.12. The van der Waals surface area contributed by atoms with Crippen LogP contribution in [0.2, 0.25) is 0 Å². The molecule has 1 aliphatic heterocycles. The van der Waals surface area contributed by atoms with Crippen molar-refractivity contribution in [1.82, 2.24) is 0 Å². The van der Waals surface area contributed by atoms with Gasteiger partial charge in [-0.25, -0.2) is 0 Å². The van der Waals surface area contributed by atoms with Gasteiger partial charge in [0.2, 0.25) is 0 Å². The van der Waals surface area contributed by atoms with Crippen molar-refractivity contribution >= 4 is 0 Å². The van der Waals surface area contributed by atoms with E-state index < -0.39 is 0 Å². The molecule has 13 heavy (non-hydrogen) atoms. The number of hydrogen-bond acceptors (Lipinski definition) is 3. The maximum atomic E-state index is 5.12. The molecule has 0 spiro atoms. The highest BCUT2D eigenvalue weighted by molar-refractivity contribution is 5.34. The third kappa shape index (κ3) is 1.82. The highest BCUT2D eigenvalue weighted by Crippen LogP contribution is 2.25. The van der Waals surface area contributed by atoms with Crippen LogP contribution in [0.5, 0.6) is 5.75 Å². The van der Waals surface area contributed by atoms with Gasteiger partial charge in [0.15, 0.2) is 5.75 Å². The summed E-state index contributed by atoms with van der Waals surface area (Å²) in [7, 11) is 1.66. The minimum absolute atomic E-state index is 0.0138. The van der Waals surface area contributed by atoms with Gasteiger partial charge in [0.05, 0.1) is 6.61 Å². The molecule has 1 heterocycles. The molecule has 3 nitrogen and oxygen atoms in total.